The highest BCUT2D eigenvalue weighted by Gasteiger charge is 2.13. The van der Waals surface area contributed by atoms with Crippen LogP contribution < -0.4 is 5.73 Å². The van der Waals surface area contributed by atoms with Crippen LogP contribution >= 0.6 is 11.6 Å². The van der Waals surface area contributed by atoms with E-state index in [0.717, 1.165) is 12.0 Å². The summed E-state index contributed by atoms with van der Waals surface area (Å²) in [6.07, 6.45) is 0.811. The Balaban J connectivity index is 3.20. The van der Waals surface area contributed by atoms with Gasteiger partial charge in [0.1, 0.15) is 5.75 Å². The molecule has 3 nitrogen and oxygen atoms in total. The Bertz CT molecular complexity index is 328. The van der Waals surface area contributed by atoms with Crippen LogP contribution in [0.3, 0.4) is 0 Å². The molecule has 0 amide bonds. The predicted molar refractivity (Wildman–Crippen MR) is 56.5 cm³/mol. The number of hydrogen-bond acceptors (Lipinski definition) is 3. The van der Waals surface area contributed by atoms with E-state index in [1.807, 2.05) is 6.92 Å². The van der Waals surface area contributed by atoms with Gasteiger partial charge in [0, 0.05) is 5.56 Å². The lowest BCUT2D eigenvalue weighted by Crippen LogP contribution is -2.15. The second-order valence-corrected chi connectivity index (χ2v) is 3.57. The van der Waals surface area contributed by atoms with Gasteiger partial charge in [-0.3, -0.25) is 0 Å². The Morgan fingerprint density at radius 2 is 2.14 bits per heavy atom. The molecule has 0 heterocycles. The van der Waals surface area contributed by atoms with Crippen LogP contribution in [0.5, 0.6) is 5.75 Å². The van der Waals surface area contributed by atoms with E-state index in [-0.39, 0.29) is 17.4 Å². The van der Waals surface area contributed by atoms with E-state index in [9.17, 15) is 5.11 Å². The normalized spacial score (nSPS) is 12.9. The van der Waals surface area contributed by atoms with Crippen molar-refractivity contribution in [3.8, 4) is 5.75 Å². The zero-order valence-corrected chi connectivity index (χ0v) is 8.75. The van der Waals surface area contributed by atoms with Gasteiger partial charge in [-0.15, -0.1) is 0 Å². The molecule has 4 N–H and O–H groups in total. The molecule has 0 aliphatic rings. The summed E-state index contributed by atoms with van der Waals surface area (Å²) in [5.41, 5.74) is 7.11. The monoisotopic (exact) mass is 215 g/mol. The number of phenolic OH excluding ortho intramolecular Hbond substituents is 1. The minimum Gasteiger partial charge on any atom is -0.506 e. The summed E-state index contributed by atoms with van der Waals surface area (Å²) < 4.78 is 0. The van der Waals surface area contributed by atoms with Crippen LogP contribution in [0.15, 0.2) is 12.1 Å². The first-order valence-corrected chi connectivity index (χ1v) is 4.85. The van der Waals surface area contributed by atoms with Crippen LogP contribution in [0.2, 0.25) is 5.02 Å². The molecule has 0 fully saturated rings. The summed E-state index contributed by atoms with van der Waals surface area (Å²) >= 11 is 5.81. The molecule has 14 heavy (non-hydrogen) atoms. The topological polar surface area (TPSA) is 66.5 Å². The standard InChI is InChI=1S/C10H14ClNO2/c1-2-6-3-7(9(12)5-13)10(14)8(11)4-6/h3-4,9,13-14H,2,5,12H2,1H3. The van der Waals surface area contributed by atoms with Gasteiger partial charge in [-0.05, 0) is 18.1 Å². The van der Waals surface area contributed by atoms with Gasteiger partial charge in [0.15, 0.2) is 0 Å². The Morgan fingerprint density at radius 1 is 1.50 bits per heavy atom. The summed E-state index contributed by atoms with van der Waals surface area (Å²) in [5, 5.41) is 18.8. The van der Waals surface area contributed by atoms with Crippen molar-refractivity contribution in [2.24, 2.45) is 5.73 Å². The summed E-state index contributed by atoms with van der Waals surface area (Å²) in [6, 6.07) is 2.88. The average Bonchev–Trinajstić information content (AvgIpc) is 2.20. The molecule has 1 atom stereocenters. The lowest BCUT2D eigenvalue weighted by Gasteiger charge is -2.13. The second-order valence-electron chi connectivity index (χ2n) is 3.16. The van der Waals surface area contributed by atoms with Gasteiger partial charge in [-0.25, -0.2) is 0 Å². The van der Waals surface area contributed by atoms with Gasteiger partial charge in [-0.2, -0.15) is 0 Å². The Labute approximate surface area is 88.1 Å². The van der Waals surface area contributed by atoms with Crippen molar-refractivity contribution in [1.82, 2.24) is 0 Å². The maximum absolute atomic E-state index is 9.60. The van der Waals surface area contributed by atoms with Gasteiger partial charge in [0.25, 0.3) is 0 Å². The van der Waals surface area contributed by atoms with Gasteiger partial charge in [0.05, 0.1) is 17.7 Å². The van der Waals surface area contributed by atoms with E-state index in [1.54, 1.807) is 12.1 Å². The number of nitrogens with two attached hydrogens (primary N) is 1. The fourth-order valence-corrected chi connectivity index (χ4v) is 1.51. The van der Waals surface area contributed by atoms with Gasteiger partial charge in [0.2, 0.25) is 0 Å². The molecule has 0 aliphatic heterocycles. The number of phenols is 1. The Kier molecular flexibility index (Phi) is 3.75. The molecule has 0 bridgehead atoms. The number of halogens is 1. The predicted octanol–water partition coefficient (Wildman–Crippen LogP) is 1.60. The molecule has 1 aromatic carbocycles. The number of benzene rings is 1. The van der Waals surface area contributed by atoms with Crippen LogP contribution in [-0.4, -0.2) is 16.8 Å². The number of aromatic hydroxyl groups is 1. The summed E-state index contributed by atoms with van der Waals surface area (Å²) in [7, 11) is 0. The van der Waals surface area contributed by atoms with Gasteiger partial charge < -0.3 is 15.9 Å². The zero-order valence-electron chi connectivity index (χ0n) is 8.00. The summed E-state index contributed by atoms with van der Waals surface area (Å²) in [5.74, 6) is -0.0367. The maximum Gasteiger partial charge on any atom is 0.139 e. The molecule has 0 saturated heterocycles. The smallest absolute Gasteiger partial charge is 0.139 e. The number of aliphatic hydroxyl groups is 1. The largest absolute Gasteiger partial charge is 0.506 e. The van der Waals surface area contributed by atoms with E-state index >= 15 is 0 Å². The molecule has 0 aromatic heterocycles. The van der Waals surface area contributed by atoms with Crippen molar-refractivity contribution in [2.45, 2.75) is 19.4 Å². The highest BCUT2D eigenvalue weighted by Crippen LogP contribution is 2.32. The molecule has 1 aromatic rings. The number of aliphatic hydroxyl groups excluding tert-OH is 1. The minimum absolute atomic E-state index is 0.0367. The number of aryl methyl sites for hydroxylation is 1. The van der Waals surface area contributed by atoms with Crippen LogP contribution in [0.25, 0.3) is 0 Å². The van der Waals surface area contributed by atoms with Crippen molar-refractivity contribution >= 4 is 11.6 Å². The second kappa shape index (κ2) is 4.64. The molecule has 0 aliphatic carbocycles. The number of rotatable bonds is 3. The van der Waals surface area contributed by atoms with E-state index in [4.69, 9.17) is 22.4 Å². The summed E-state index contributed by atoms with van der Waals surface area (Å²) in [6.45, 7) is 1.77. The fourth-order valence-electron chi connectivity index (χ4n) is 1.26. The van der Waals surface area contributed by atoms with Crippen molar-refractivity contribution < 1.29 is 10.2 Å². The molecule has 1 unspecified atom stereocenters. The Hall–Kier alpha value is -0.770. The zero-order chi connectivity index (χ0) is 10.7. The van der Waals surface area contributed by atoms with Gasteiger partial charge in [-0.1, -0.05) is 24.6 Å². The van der Waals surface area contributed by atoms with E-state index in [2.05, 4.69) is 0 Å². The van der Waals surface area contributed by atoms with Crippen LogP contribution in [0.4, 0.5) is 0 Å². The third-order valence-electron chi connectivity index (χ3n) is 2.16. The first-order chi connectivity index (χ1) is 6.60. The molecular weight excluding hydrogens is 202 g/mol. The summed E-state index contributed by atoms with van der Waals surface area (Å²) in [4.78, 5) is 0. The lowest BCUT2D eigenvalue weighted by molar-refractivity contribution is 0.265. The molecule has 0 saturated carbocycles. The quantitative estimate of drug-likeness (QED) is 0.718. The molecule has 0 spiro atoms. The first kappa shape index (κ1) is 11.3. The highest BCUT2D eigenvalue weighted by molar-refractivity contribution is 6.32. The average molecular weight is 216 g/mol. The molecule has 4 heteroatoms. The highest BCUT2D eigenvalue weighted by atomic mass is 35.5. The van der Waals surface area contributed by atoms with Crippen molar-refractivity contribution in [1.29, 1.82) is 0 Å². The SMILES string of the molecule is CCc1cc(Cl)c(O)c(C(N)CO)c1. The lowest BCUT2D eigenvalue weighted by atomic mass is 10.0. The van der Waals surface area contributed by atoms with Crippen LogP contribution in [0, 0.1) is 0 Å². The van der Waals surface area contributed by atoms with Crippen LogP contribution in [0.1, 0.15) is 24.1 Å². The van der Waals surface area contributed by atoms with E-state index < -0.39 is 6.04 Å². The van der Waals surface area contributed by atoms with Gasteiger partial charge >= 0.3 is 0 Å². The van der Waals surface area contributed by atoms with Crippen LogP contribution in [-0.2, 0) is 6.42 Å². The molecular formula is C10H14ClNO2. The maximum atomic E-state index is 9.60. The molecule has 78 valence electrons. The minimum atomic E-state index is -0.584. The fraction of sp³-hybridized carbons (Fsp3) is 0.400. The van der Waals surface area contributed by atoms with Crippen molar-refractivity contribution in [2.75, 3.05) is 6.61 Å². The molecule has 0 radical (unpaired) electrons. The third kappa shape index (κ3) is 2.18. The van der Waals surface area contributed by atoms with Crippen molar-refractivity contribution in [3.05, 3.63) is 28.3 Å². The first-order valence-electron chi connectivity index (χ1n) is 4.47. The van der Waals surface area contributed by atoms with E-state index in [1.165, 1.54) is 0 Å². The van der Waals surface area contributed by atoms with Crippen molar-refractivity contribution in [3.63, 3.8) is 0 Å². The van der Waals surface area contributed by atoms with E-state index in [0.29, 0.717) is 5.56 Å². The third-order valence-corrected chi connectivity index (χ3v) is 2.45. The number of hydrogen-bond donors (Lipinski definition) is 3. The Morgan fingerprint density at radius 3 is 2.64 bits per heavy atom. The molecule has 1 rings (SSSR count).